The smallest absolute Gasteiger partial charge is 0.350 e. The van der Waals surface area contributed by atoms with Gasteiger partial charge in [0, 0.05) is 17.6 Å². The Morgan fingerprint density at radius 1 is 1.42 bits per heavy atom. The Morgan fingerprint density at radius 3 is 2.58 bits per heavy atom. The molecule has 5 nitrogen and oxygen atoms in total. The molecule has 1 heterocycles. The molecule has 0 saturated carbocycles. The molecule has 0 unspecified atom stereocenters. The third-order valence-corrected chi connectivity index (χ3v) is 3.44. The lowest BCUT2D eigenvalue weighted by atomic mass is 10.3. The number of carbonyl (C=O) groups is 1. The van der Waals surface area contributed by atoms with Gasteiger partial charge in [-0.15, -0.1) is 0 Å². The first-order valence-electron chi connectivity index (χ1n) is 5.16. The number of benzene rings is 1. The van der Waals surface area contributed by atoms with Gasteiger partial charge < -0.3 is 4.74 Å². The summed E-state index contributed by atoms with van der Waals surface area (Å²) in [5.41, 5.74) is 3.32. The molecule has 9 heteroatoms. The fourth-order valence-electron chi connectivity index (χ4n) is 1.52. The van der Waals surface area contributed by atoms with Crippen LogP contribution in [0.3, 0.4) is 0 Å². The van der Waals surface area contributed by atoms with E-state index in [1.54, 1.807) is 31.4 Å². The Hall–Kier alpha value is -0.890. The van der Waals surface area contributed by atoms with E-state index in [9.17, 15) is 9.18 Å². The number of anilines is 1. The summed E-state index contributed by atoms with van der Waals surface area (Å²) in [4.78, 5) is 13.4. The third-order valence-electron chi connectivity index (χ3n) is 2.36. The molecule has 1 aromatic carbocycles. The van der Waals surface area contributed by atoms with Crippen LogP contribution >= 0.6 is 35.1 Å². The van der Waals surface area contributed by atoms with E-state index in [1.165, 1.54) is 4.90 Å². The van der Waals surface area contributed by atoms with E-state index >= 15 is 0 Å². The Morgan fingerprint density at radius 2 is 2.05 bits per heavy atom. The van der Waals surface area contributed by atoms with Crippen molar-refractivity contribution in [3.05, 3.63) is 24.3 Å². The van der Waals surface area contributed by atoms with Gasteiger partial charge in [0.2, 0.25) is 0 Å². The highest BCUT2D eigenvalue weighted by molar-refractivity contribution is 8.01. The first-order chi connectivity index (χ1) is 8.90. The predicted molar refractivity (Wildman–Crippen MR) is 73.8 cm³/mol. The van der Waals surface area contributed by atoms with Gasteiger partial charge in [0.1, 0.15) is 5.75 Å². The maximum atomic E-state index is 13.1. The van der Waals surface area contributed by atoms with Crippen LogP contribution in [0, 0.1) is 0 Å². The molecule has 19 heavy (non-hydrogen) atoms. The maximum absolute atomic E-state index is 13.1. The molecule has 0 spiro atoms. The predicted octanol–water partition coefficient (Wildman–Crippen LogP) is 3.11. The maximum Gasteiger partial charge on any atom is 0.350 e. The van der Waals surface area contributed by atoms with E-state index in [-0.39, 0.29) is 6.67 Å². The van der Waals surface area contributed by atoms with Crippen LogP contribution in [0.5, 0.6) is 5.75 Å². The van der Waals surface area contributed by atoms with Gasteiger partial charge in [-0.05, 0) is 24.3 Å². The number of halogens is 3. The number of nitrogens with one attached hydrogen (secondary N) is 1. The van der Waals surface area contributed by atoms with Crippen molar-refractivity contribution in [3.8, 4) is 5.75 Å². The fourth-order valence-corrected chi connectivity index (χ4v) is 2.44. The van der Waals surface area contributed by atoms with Crippen molar-refractivity contribution in [1.82, 2.24) is 9.84 Å². The van der Waals surface area contributed by atoms with Gasteiger partial charge >= 0.3 is 9.95 Å². The highest BCUT2D eigenvalue weighted by atomic mass is 35.5. The monoisotopic (exact) mass is 325 g/mol. The topological polar surface area (TPSA) is 44.8 Å². The molecule has 0 radical (unpaired) electrons. The van der Waals surface area contributed by atoms with Crippen LogP contribution in [-0.2, 0) is 0 Å². The van der Waals surface area contributed by atoms with Crippen molar-refractivity contribution in [2.24, 2.45) is 0 Å². The van der Waals surface area contributed by atoms with Crippen LogP contribution in [-0.4, -0.2) is 28.1 Å². The summed E-state index contributed by atoms with van der Waals surface area (Å²) in [6.45, 7) is 0.196. The van der Waals surface area contributed by atoms with E-state index in [1.807, 2.05) is 0 Å². The number of urea groups is 1. The second-order valence-electron chi connectivity index (χ2n) is 3.56. The number of amides is 2. The second-order valence-corrected chi connectivity index (χ2v) is 6.35. The lowest BCUT2D eigenvalue weighted by Crippen LogP contribution is -2.31. The normalized spacial score (nSPS) is 16.1. The van der Waals surface area contributed by atoms with Crippen molar-refractivity contribution in [2.75, 3.05) is 18.7 Å². The van der Waals surface area contributed by atoms with Crippen molar-refractivity contribution in [3.63, 3.8) is 0 Å². The lowest BCUT2D eigenvalue weighted by Gasteiger charge is -2.18. The third kappa shape index (κ3) is 3.56. The molecular formula is C10H10Cl2FN3O2S. The Kier molecular flexibility index (Phi) is 4.29. The molecule has 1 aliphatic rings. The number of hydrogen-bond acceptors (Lipinski definition) is 4. The molecule has 1 aromatic rings. The molecular weight excluding hydrogens is 316 g/mol. The molecule has 2 rings (SSSR count). The minimum atomic E-state index is -2.57. The van der Waals surface area contributed by atoms with Crippen LogP contribution in [0.15, 0.2) is 24.3 Å². The number of alkyl halides is 3. The van der Waals surface area contributed by atoms with Crippen molar-refractivity contribution >= 4 is 46.9 Å². The minimum absolute atomic E-state index is 0.196. The quantitative estimate of drug-likeness (QED) is 0.682. The SMILES string of the molecule is COc1ccc(N2CNN(SC(F)(Cl)Cl)C2=O)cc1. The number of rotatable bonds is 4. The Bertz CT molecular complexity index is 469. The fraction of sp³-hybridized carbons (Fsp3) is 0.300. The molecule has 0 bridgehead atoms. The summed E-state index contributed by atoms with van der Waals surface area (Å²) in [6.07, 6.45) is 0. The summed E-state index contributed by atoms with van der Waals surface area (Å²) >= 11 is 10.8. The largest absolute Gasteiger partial charge is 0.497 e. The Balaban J connectivity index is 2.08. The molecule has 1 N–H and O–H groups in total. The number of ether oxygens (including phenoxy) is 1. The minimum Gasteiger partial charge on any atom is -0.497 e. The van der Waals surface area contributed by atoms with E-state index < -0.39 is 9.95 Å². The highest BCUT2D eigenvalue weighted by Crippen LogP contribution is 2.39. The van der Waals surface area contributed by atoms with Crippen LogP contribution in [0.25, 0.3) is 0 Å². The van der Waals surface area contributed by atoms with Gasteiger partial charge in [0.15, 0.2) is 0 Å². The van der Waals surface area contributed by atoms with Gasteiger partial charge in [-0.2, -0.15) is 14.2 Å². The highest BCUT2D eigenvalue weighted by Gasteiger charge is 2.37. The lowest BCUT2D eigenvalue weighted by molar-refractivity contribution is 0.235. The van der Waals surface area contributed by atoms with Gasteiger partial charge in [-0.3, -0.25) is 4.90 Å². The number of hydrogen-bond donors (Lipinski definition) is 1. The summed E-state index contributed by atoms with van der Waals surface area (Å²) in [5, 5.41) is 0. The van der Waals surface area contributed by atoms with Crippen LogP contribution in [0.4, 0.5) is 14.9 Å². The molecule has 1 fully saturated rings. The number of nitrogens with zero attached hydrogens (tertiary/aromatic N) is 2. The number of methoxy groups -OCH3 is 1. The average molecular weight is 326 g/mol. The molecule has 2 amide bonds. The van der Waals surface area contributed by atoms with Crippen LogP contribution in [0.1, 0.15) is 0 Å². The second kappa shape index (κ2) is 5.62. The zero-order chi connectivity index (χ0) is 14.0. The first-order valence-corrected chi connectivity index (χ1v) is 6.69. The molecule has 0 aliphatic carbocycles. The molecule has 0 aromatic heterocycles. The molecule has 1 saturated heterocycles. The van der Waals surface area contributed by atoms with E-state index in [0.717, 1.165) is 4.41 Å². The summed E-state index contributed by atoms with van der Waals surface area (Å²) in [5.74, 6) is 0.680. The number of carbonyl (C=O) groups excluding carboxylic acids is 1. The summed E-state index contributed by atoms with van der Waals surface area (Å²) in [6, 6.07) is 6.42. The standard InChI is InChI=1S/C10H10Cl2FN3O2S/c1-18-8-4-2-7(3-5-8)15-6-14-16(9(15)17)19-10(11,12)13/h2-5,14H,6H2,1H3. The van der Waals surface area contributed by atoms with Gasteiger partial charge in [-0.1, -0.05) is 23.2 Å². The van der Waals surface area contributed by atoms with E-state index in [0.29, 0.717) is 23.4 Å². The van der Waals surface area contributed by atoms with Gasteiger partial charge in [0.05, 0.1) is 13.8 Å². The van der Waals surface area contributed by atoms with Gasteiger partial charge in [0.25, 0.3) is 0 Å². The van der Waals surface area contributed by atoms with Crippen molar-refractivity contribution < 1.29 is 13.9 Å². The molecule has 104 valence electrons. The average Bonchev–Trinajstić information content (AvgIpc) is 2.69. The van der Waals surface area contributed by atoms with Crippen molar-refractivity contribution in [1.29, 1.82) is 0 Å². The number of hydrazine groups is 1. The molecule has 1 aliphatic heterocycles. The Labute approximate surface area is 123 Å². The summed E-state index contributed by atoms with van der Waals surface area (Å²) in [7, 11) is 1.55. The molecule has 0 atom stereocenters. The van der Waals surface area contributed by atoms with Crippen LogP contribution < -0.4 is 15.1 Å². The van der Waals surface area contributed by atoms with Gasteiger partial charge in [-0.25, -0.2) is 4.79 Å². The van der Waals surface area contributed by atoms with Crippen LogP contribution in [0.2, 0.25) is 0 Å². The van der Waals surface area contributed by atoms with Crippen molar-refractivity contribution in [2.45, 2.75) is 3.92 Å². The summed E-state index contributed by atoms with van der Waals surface area (Å²) < 4.78 is 16.5. The first kappa shape index (κ1) is 14.5. The zero-order valence-corrected chi connectivity index (χ0v) is 12.1. The zero-order valence-electron chi connectivity index (χ0n) is 9.77. The van der Waals surface area contributed by atoms with E-state index in [4.69, 9.17) is 27.9 Å². The van der Waals surface area contributed by atoms with E-state index in [2.05, 4.69) is 5.43 Å².